The number of aliphatic hydroxyl groups is 1. The van der Waals surface area contributed by atoms with Crippen LogP contribution in [0.15, 0.2) is 0 Å². The van der Waals surface area contributed by atoms with Gasteiger partial charge in [-0.1, -0.05) is 39.5 Å². The third kappa shape index (κ3) is 1.96. The topological polar surface area (TPSA) is 20.2 Å². The van der Waals surface area contributed by atoms with Crippen LogP contribution < -0.4 is 0 Å². The molecule has 0 aromatic carbocycles. The van der Waals surface area contributed by atoms with Crippen molar-refractivity contribution in [3.8, 4) is 0 Å². The first-order chi connectivity index (χ1) is 5.29. The molecule has 1 heteroatoms. The van der Waals surface area contributed by atoms with Crippen molar-refractivity contribution in [3.05, 3.63) is 0 Å². The van der Waals surface area contributed by atoms with Crippen LogP contribution in [0.25, 0.3) is 0 Å². The summed E-state index contributed by atoms with van der Waals surface area (Å²) in [6.07, 6.45) is 6.01. The minimum absolute atomic E-state index is 0.00120. The second-order valence-electron chi connectivity index (χ2n) is 3.74. The van der Waals surface area contributed by atoms with Crippen LogP contribution in [0.4, 0.5) is 0 Å². The molecule has 0 aromatic heterocycles. The summed E-state index contributed by atoms with van der Waals surface area (Å²) in [6.45, 7) is 4.44. The summed E-state index contributed by atoms with van der Waals surface area (Å²) in [5, 5.41) is 9.67. The zero-order valence-electron chi connectivity index (χ0n) is 7.71. The van der Waals surface area contributed by atoms with Crippen LogP contribution in [0.1, 0.15) is 46.0 Å². The molecule has 1 rings (SSSR count). The summed E-state index contributed by atoms with van der Waals surface area (Å²) in [4.78, 5) is 0. The Labute approximate surface area is 69.8 Å². The van der Waals surface area contributed by atoms with Gasteiger partial charge >= 0.3 is 0 Å². The lowest BCUT2D eigenvalue weighted by Crippen LogP contribution is -2.31. The predicted octanol–water partition coefficient (Wildman–Crippen LogP) is 2.58. The minimum atomic E-state index is -0.00120. The molecule has 1 saturated carbocycles. The number of aliphatic hydroxyl groups excluding tert-OH is 1. The van der Waals surface area contributed by atoms with E-state index in [9.17, 15) is 5.11 Å². The highest BCUT2D eigenvalue weighted by Crippen LogP contribution is 2.34. The highest BCUT2D eigenvalue weighted by molar-refractivity contribution is 4.79. The van der Waals surface area contributed by atoms with Gasteiger partial charge in [0.2, 0.25) is 0 Å². The van der Waals surface area contributed by atoms with Crippen molar-refractivity contribution in [3.63, 3.8) is 0 Å². The maximum absolute atomic E-state index is 9.67. The highest BCUT2D eigenvalue weighted by Gasteiger charge is 2.28. The van der Waals surface area contributed by atoms with E-state index in [0.717, 1.165) is 18.8 Å². The average Bonchev–Trinajstić information content (AvgIpc) is 2.04. The Morgan fingerprint density at radius 3 is 2.36 bits per heavy atom. The summed E-state index contributed by atoms with van der Waals surface area (Å²) in [6, 6.07) is 0. The van der Waals surface area contributed by atoms with E-state index >= 15 is 0 Å². The van der Waals surface area contributed by atoms with E-state index in [-0.39, 0.29) is 6.10 Å². The lowest BCUT2D eigenvalue weighted by molar-refractivity contribution is 0.0291. The van der Waals surface area contributed by atoms with Gasteiger partial charge in [0.05, 0.1) is 6.10 Å². The molecule has 0 bridgehead atoms. The van der Waals surface area contributed by atoms with Gasteiger partial charge in [0.25, 0.3) is 0 Å². The average molecular weight is 156 g/mol. The Kier molecular flexibility index (Phi) is 3.38. The Balaban J connectivity index is 2.48. The summed E-state index contributed by atoms with van der Waals surface area (Å²) in [5.74, 6) is 1.39. The summed E-state index contributed by atoms with van der Waals surface area (Å²) < 4.78 is 0. The van der Waals surface area contributed by atoms with E-state index < -0.39 is 0 Å². The van der Waals surface area contributed by atoms with Crippen LogP contribution in [0.3, 0.4) is 0 Å². The fourth-order valence-corrected chi connectivity index (χ4v) is 2.44. The zero-order valence-corrected chi connectivity index (χ0v) is 7.71. The third-order valence-electron chi connectivity index (χ3n) is 3.17. The summed E-state index contributed by atoms with van der Waals surface area (Å²) in [7, 11) is 0. The first-order valence-corrected chi connectivity index (χ1v) is 4.97. The molecule has 0 amide bonds. The van der Waals surface area contributed by atoms with Crippen molar-refractivity contribution in [1.82, 2.24) is 0 Å². The zero-order chi connectivity index (χ0) is 8.27. The number of hydrogen-bond donors (Lipinski definition) is 1. The minimum Gasteiger partial charge on any atom is -0.393 e. The Morgan fingerprint density at radius 1 is 1.18 bits per heavy atom. The summed E-state index contributed by atoms with van der Waals surface area (Å²) in [5.41, 5.74) is 0. The number of rotatable bonds is 2. The van der Waals surface area contributed by atoms with Gasteiger partial charge < -0.3 is 5.11 Å². The SMILES string of the molecule is CCC1CCCC(O)C1CC. The Hall–Kier alpha value is -0.0400. The molecule has 11 heavy (non-hydrogen) atoms. The van der Waals surface area contributed by atoms with Crippen molar-refractivity contribution in [1.29, 1.82) is 0 Å². The molecule has 0 saturated heterocycles. The van der Waals surface area contributed by atoms with Crippen molar-refractivity contribution < 1.29 is 5.11 Å². The van der Waals surface area contributed by atoms with Gasteiger partial charge in [-0.05, 0) is 18.3 Å². The second-order valence-corrected chi connectivity index (χ2v) is 3.74. The maximum atomic E-state index is 9.67. The van der Waals surface area contributed by atoms with E-state index in [1.54, 1.807) is 0 Å². The molecule has 0 aliphatic heterocycles. The van der Waals surface area contributed by atoms with E-state index in [0.29, 0.717) is 5.92 Å². The van der Waals surface area contributed by atoms with Crippen molar-refractivity contribution >= 4 is 0 Å². The van der Waals surface area contributed by atoms with Crippen molar-refractivity contribution in [2.45, 2.75) is 52.1 Å². The highest BCUT2D eigenvalue weighted by atomic mass is 16.3. The van der Waals surface area contributed by atoms with E-state index in [1.165, 1.54) is 19.3 Å². The molecule has 1 aliphatic carbocycles. The third-order valence-corrected chi connectivity index (χ3v) is 3.17. The van der Waals surface area contributed by atoms with Crippen LogP contribution in [-0.4, -0.2) is 11.2 Å². The Bertz CT molecular complexity index is 111. The molecule has 0 aromatic rings. The van der Waals surface area contributed by atoms with Crippen LogP contribution in [0.2, 0.25) is 0 Å². The Morgan fingerprint density at radius 2 is 1.91 bits per heavy atom. The van der Waals surface area contributed by atoms with Crippen molar-refractivity contribution in [2.75, 3.05) is 0 Å². The van der Waals surface area contributed by atoms with Gasteiger partial charge in [0.1, 0.15) is 0 Å². The molecule has 0 radical (unpaired) electrons. The fraction of sp³-hybridized carbons (Fsp3) is 1.00. The molecule has 3 unspecified atom stereocenters. The molecule has 1 aliphatic rings. The monoisotopic (exact) mass is 156 g/mol. The van der Waals surface area contributed by atoms with Crippen LogP contribution in [-0.2, 0) is 0 Å². The maximum Gasteiger partial charge on any atom is 0.0570 e. The van der Waals surface area contributed by atoms with Crippen LogP contribution >= 0.6 is 0 Å². The van der Waals surface area contributed by atoms with Gasteiger partial charge in [-0.2, -0.15) is 0 Å². The molecular formula is C10H20O. The van der Waals surface area contributed by atoms with Gasteiger partial charge in [-0.15, -0.1) is 0 Å². The lowest BCUT2D eigenvalue weighted by atomic mass is 9.75. The lowest BCUT2D eigenvalue weighted by Gasteiger charge is -2.34. The largest absolute Gasteiger partial charge is 0.393 e. The number of hydrogen-bond acceptors (Lipinski definition) is 1. The normalized spacial score (nSPS) is 39.0. The van der Waals surface area contributed by atoms with Gasteiger partial charge in [-0.3, -0.25) is 0 Å². The molecular weight excluding hydrogens is 136 g/mol. The van der Waals surface area contributed by atoms with Gasteiger partial charge in [0, 0.05) is 0 Å². The van der Waals surface area contributed by atoms with Gasteiger partial charge in [-0.25, -0.2) is 0 Å². The molecule has 66 valence electrons. The van der Waals surface area contributed by atoms with Crippen LogP contribution in [0, 0.1) is 11.8 Å². The second kappa shape index (κ2) is 4.10. The van der Waals surface area contributed by atoms with Gasteiger partial charge in [0.15, 0.2) is 0 Å². The first-order valence-electron chi connectivity index (χ1n) is 4.97. The van der Waals surface area contributed by atoms with E-state index in [4.69, 9.17) is 0 Å². The molecule has 1 nitrogen and oxygen atoms in total. The first kappa shape index (κ1) is 9.05. The van der Waals surface area contributed by atoms with Crippen LogP contribution in [0.5, 0.6) is 0 Å². The smallest absolute Gasteiger partial charge is 0.0570 e. The molecule has 1 fully saturated rings. The quantitative estimate of drug-likeness (QED) is 0.651. The molecule has 0 heterocycles. The van der Waals surface area contributed by atoms with Crippen molar-refractivity contribution in [2.24, 2.45) is 11.8 Å². The van der Waals surface area contributed by atoms with E-state index in [1.807, 2.05) is 0 Å². The summed E-state index contributed by atoms with van der Waals surface area (Å²) >= 11 is 0. The fourth-order valence-electron chi connectivity index (χ4n) is 2.44. The standard InChI is InChI=1S/C10H20O/c1-3-8-6-5-7-10(11)9(8)4-2/h8-11H,3-7H2,1-2H3. The predicted molar refractivity (Wildman–Crippen MR) is 47.4 cm³/mol. The molecule has 0 spiro atoms. The molecule has 3 atom stereocenters. The molecule has 1 N–H and O–H groups in total. The van der Waals surface area contributed by atoms with E-state index in [2.05, 4.69) is 13.8 Å².